The Kier molecular flexibility index (Phi) is 4.34. The SMILES string of the molecule is NCCc1cncn1-c1ccc(OC(F)(F)F)c(Br)c1. The van der Waals surface area contributed by atoms with Gasteiger partial charge in [0.25, 0.3) is 0 Å². The van der Waals surface area contributed by atoms with E-state index in [4.69, 9.17) is 5.73 Å². The molecule has 0 atom stereocenters. The van der Waals surface area contributed by atoms with E-state index in [2.05, 4.69) is 25.7 Å². The Balaban J connectivity index is 2.31. The van der Waals surface area contributed by atoms with Crippen molar-refractivity contribution in [3.8, 4) is 11.4 Å². The molecule has 0 saturated heterocycles. The van der Waals surface area contributed by atoms with Gasteiger partial charge in [0.2, 0.25) is 0 Å². The van der Waals surface area contributed by atoms with Gasteiger partial charge in [-0.3, -0.25) is 0 Å². The number of aromatic nitrogens is 2. The van der Waals surface area contributed by atoms with Gasteiger partial charge >= 0.3 is 6.36 Å². The summed E-state index contributed by atoms with van der Waals surface area (Å²) in [6.45, 7) is 0.460. The highest BCUT2D eigenvalue weighted by Gasteiger charge is 2.32. The van der Waals surface area contributed by atoms with Crippen LogP contribution in [0.15, 0.2) is 35.2 Å². The lowest BCUT2D eigenvalue weighted by molar-refractivity contribution is -0.274. The topological polar surface area (TPSA) is 53.1 Å². The van der Waals surface area contributed by atoms with Gasteiger partial charge in [0.05, 0.1) is 10.8 Å². The van der Waals surface area contributed by atoms with Crippen molar-refractivity contribution in [2.75, 3.05) is 6.54 Å². The fraction of sp³-hybridized carbons (Fsp3) is 0.250. The number of benzene rings is 1. The molecule has 0 unspecified atom stereocenters. The molecule has 1 heterocycles. The molecule has 2 rings (SSSR count). The Morgan fingerprint density at radius 3 is 2.70 bits per heavy atom. The van der Waals surface area contributed by atoms with Gasteiger partial charge in [0.1, 0.15) is 5.75 Å². The van der Waals surface area contributed by atoms with Gasteiger partial charge in [-0.1, -0.05) is 0 Å². The number of ether oxygens (including phenoxy) is 1. The Labute approximate surface area is 121 Å². The first-order valence-corrected chi connectivity index (χ1v) is 6.47. The highest BCUT2D eigenvalue weighted by molar-refractivity contribution is 9.10. The maximum absolute atomic E-state index is 12.2. The first kappa shape index (κ1) is 14.9. The Morgan fingerprint density at radius 2 is 2.10 bits per heavy atom. The molecule has 0 aliphatic carbocycles. The lowest BCUT2D eigenvalue weighted by Crippen LogP contribution is -2.17. The quantitative estimate of drug-likeness (QED) is 0.922. The second kappa shape index (κ2) is 5.84. The van der Waals surface area contributed by atoms with Crippen LogP contribution < -0.4 is 10.5 Å². The number of hydrogen-bond acceptors (Lipinski definition) is 3. The molecule has 0 aliphatic heterocycles. The van der Waals surface area contributed by atoms with E-state index in [1.807, 2.05) is 0 Å². The van der Waals surface area contributed by atoms with E-state index in [1.165, 1.54) is 18.2 Å². The average Bonchev–Trinajstić information content (AvgIpc) is 2.79. The molecule has 108 valence electrons. The smallest absolute Gasteiger partial charge is 0.405 e. The minimum absolute atomic E-state index is 0.208. The van der Waals surface area contributed by atoms with Crippen molar-refractivity contribution in [1.29, 1.82) is 0 Å². The van der Waals surface area contributed by atoms with Crippen molar-refractivity contribution in [3.05, 3.63) is 40.9 Å². The first-order valence-electron chi connectivity index (χ1n) is 5.67. The zero-order chi connectivity index (χ0) is 14.8. The molecule has 20 heavy (non-hydrogen) atoms. The standard InChI is InChI=1S/C12H11BrF3N3O/c13-10-5-8(1-2-11(10)20-12(14,15)16)19-7-18-6-9(19)3-4-17/h1-2,5-7H,3-4,17H2. The van der Waals surface area contributed by atoms with Gasteiger partial charge in [-0.2, -0.15) is 0 Å². The van der Waals surface area contributed by atoms with E-state index in [1.54, 1.807) is 17.1 Å². The zero-order valence-electron chi connectivity index (χ0n) is 10.2. The maximum atomic E-state index is 12.2. The molecule has 0 amide bonds. The Hall–Kier alpha value is -1.54. The number of hydrogen-bond donors (Lipinski definition) is 1. The second-order valence-electron chi connectivity index (χ2n) is 3.96. The monoisotopic (exact) mass is 349 g/mol. The third-order valence-electron chi connectivity index (χ3n) is 2.53. The molecular weight excluding hydrogens is 339 g/mol. The zero-order valence-corrected chi connectivity index (χ0v) is 11.8. The van der Waals surface area contributed by atoms with Crippen molar-refractivity contribution in [1.82, 2.24) is 9.55 Å². The molecular formula is C12H11BrF3N3O. The summed E-state index contributed by atoms with van der Waals surface area (Å²) in [4.78, 5) is 4.01. The highest BCUT2D eigenvalue weighted by Crippen LogP contribution is 2.32. The Morgan fingerprint density at radius 1 is 1.35 bits per heavy atom. The molecule has 2 N–H and O–H groups in total. The fourth-order valence-corrected chi connectivity index (χ4v) is 2.18. The van der Waals surface area contributed by atoms with E-state index >= 15 is 0 Å². The number of nitrogens with zero attached hydrogens (tertiary/aromatic N) is 2. The summed E-state index contributed by atoms with van der Waals surface area (Å²) in [5, 5.41) is 0. The number of alkyl halides is 3. The molecule has 0 bridgehead atoms. The normalized spacial score (nSPS) is 11.7. The molecule has 0 fully saturated rings. The lowest BCUT2D eigenvalue weighted by Gasteiger charge is -2.13. The van der Waals surface area contributed by atoms with Crippen LogP contribution in [0.5, 0.6) is 5.75 Å². The van der Waals surface area contributed by atoms with Crippen LogP contribution >= 0.6 is 15.9 Å². The van der Waals surface area contributed by atoms with Crippen LogP contribution in [0.4, 0.5) is 13.2 Å². The summed E-state index contributed by atoms with van der Waals surface area (Å²) < 4.78 is 42.4. The van der Waals surface area contributed by atoms with Crippen LogP contribution in [0.3, 0.4) is 0 Å². The third-order valence-corrected chi connectivity index (χ3v) is 3.15. The van der Waals surface area contributed by atoms with E-state index in [9.17, 15) is 13.2 Å². The summed E-state index contributed by atoms with van der Waals surface area (Å²) in [6, 6.07) is 4.30. The summed E-state index contributed by atoms with van der Waals surface area (Å²) in [7, 11) is 0. The van der Waals surface area contributed by atoms with E-state index < -0.39 is 6.36 Å². The molecule has 0 spiro atoms. The van der Waals surface area contributed by atoms with Crippen molar-refractivity contribution in [2.45, 2.75) is 12.8 Å². The lowest BCUT2D eigenvalue weighted by atomic mass is 10.2. The van der Waals surface area contributed by atoms with E-state index in [0.29, 0.717) is 18.7 Å². The molecule has 1 aromatic carbocycles. The number of rotatable bonds is 4. The van der Waals surface area contributed by atoms with Crippen molar-refractivity contribution >= 4 is 15.9 Å². The van der Waals surface area contributed by atoms with E-state index in [-0.39, 0.29) is 10.2 Å². The van der Waals surface area contributed by atoms with Gasteiger partial charge in [0.15, 0.2) is 0 Å². The van der Waals surface area contributed by atoms with Crippen LogP contribution in [0.1, 0.15) is 5.69 Å². The van der Waals surface area contributed by atoms with Crippen LogP contribution in [0.25, 0.3) is 5.69 Å². The first-order chi connectivity index (χ1) is 9.40. The predicted octanol–water partition coefficient (Wildman–Crippen LogP) is 3.03. The third kappa shape index (κ3) is 3.51. The molecule has 0 radical (unpaired) electrons. The number of imidazole rings is 1. The minimum atomic E-state index is -4.72. The van der Waals surface area contributed by atoms with Gasteiger partial charge < -0.3 is 15.0 Å². The molecule has 8 heteroatoms. The van der Waals surface area contributed by atoms with Crippen LogP contribution in [0.2, 0.25) is 0 Å². The largest absolute Gasteiger partial charge is 0.573 e. The van der Waals surface area contributed by atoms with Gasteiger partial charge in [0, 0.05) is 24.0 Å². The fourth-order valence-electron chi connectivity index (χ4n) is 1.73. The van der Waals surface area contributed by atoms with Crippen LogP contribution in [0, 0.1) is 0 Å². The van der Waals surface area contributed by atoms with Crippen molar-refractivity contribution in [3.63, 3.8) is 0 Å². The van der Waals surface area contributed by atoms with Crippen LogP contribution in [-0.4, -0.2) is 22.5 Å². The number of halogens is 4. The summed E-state index contributed by atoms with van der Waals surface area (Å²) in [6.07, 6.45) is -0.847. The average molecular weight is 350 g/mol. The second-order valence-corrected chi connectivity index (χ2v) is 4.81. The number of nitrogens with two attached hydrogens (primary N) is 1. The minimum Gasteiger partial charge on any atom is -0.405 e. The predicted molar refractivity (Wildman–Crippen MR) is 70.7 cm³/mol. The maximum Gasteiger partial charge on any atom is 0.573 e. The molecule has 0 aliphatic rings. The molecule has 4 nitrogen and oxygen atoms in total. The van der Waals surface area contributed by atoms with Crippen molar-refractivity contribution in [2.24, 2.45) is 5.73 Å². The van der Waals surface area contributed by atoms with Crippen LogP contribution in [-0.2, 0) is 6.42 Å². The summed E-state index contributed by atoms with van der Waals surface area (Å²) >= 11 is 3.07. The molecule has 0 saturated carbocycles. The molecule has 1 aromatic heterocycles. The Bertz CT molecular complexity index is 598. The van der Waals surface area contributed by atoms with E-state index in [0.717, 1.165) is 5.69 Å². The molecule has 2 aromatic rings. The van der Waals surface area contributed by atoms with Gasteiger partial charge in [-0.25, -0.2) is 4.98 Å². The van der Waals surface area contributed by atoms with Gasteiger partial charge in [-0.05, 0) is 40.7 Å². The van der Waals surface area contributed by atoms with Crippen molar-refractivity contribution < 1.29 is 17.9 Å². The van der Waals surface area contributed by atoms with Gasteiger partial charge in [-0.15, -0.1) is 13.2 Å². The highest BCUT2D eigenvalue weighted by atomic mass is 79.9. The summed E-state index contributed by atoms with van der Waals surface area (Å²) in [5.74, 6) is -0.290. The summed E-state index contributed by atoms with van der Waals surface area (Å²) in [5.41, 5.74) is 7.05.